The molecule has 2 N–H and O–H groups in total. The lowest BCUT2D eigenvalue weighted by Crippen LogP contribution is -2.16. The molecule has 0 aromatic heterocycles. The lowest BCUT2D eigenvalue weighted by Gasteiger charge is -2.16. The molecule has 16 heavy (non-hydrogen) atoms. The second kappa shape index (κ2) is 5.35. The molecule has 0 spiro atoms. The van der Waals surface area contributed by atoms with E-state index < -0.39 is 12.2 Å². The fourth-order valence-electron chi connectivity index (χ4n) is 1.31. The summed E-state index contributed by atoms with van der Waals surface area (Å²) >= 11 is 0. The number of methoxy groups -OCH3 is 2. The highest BCUT2D eigenvalue weighted by Crippen LogP contribution is 2.30. The first-order chi connectivity index (χ1) is 7.63. The molecule has 0 aliphatic rings. The van der Waals surface area contributed by atoms with Gasteiger partial charge in [-0.3, -0.25) is 0 Å². The molecule has 0 heterocycles. The monoisotopic (exact) mass is 223 g/mol. The Hall–Kier alpha value is -1.77. The number of benzene rings is 1. The largest absolute Gasteiger partial charge is 0.497 e. The van der Waals surface area contributed by atoms with Crippen LogP contribution in [0.15, 0.2) is 18.2 Å². The minimum Gasteiger partial charge on any atom is -0.497 e. The highest BCUT2D eigenvalue weighted by Gasteiger charge is 2.22. The van der Waals surface area contributed by atoms with Gasteiger partial charge in [-0.2, -0.15) is 5.26 Å². The van der Waals surface area contributed by atoms with Gasteiger partial charge in [0.2, 0.25) is 0 Å². The molecule has 5 nitrogen and oxygen atoms in total. The summed E-state index contributed by atoms with van der Waals surface area (Å²) in [6, 6.07) is 6.34. The number of nitriles is 1. The van der Waals surface area contributed by atoms with Crippen molar-refractivity contribution < 1.29 is 19.7 Å². The van der Waals surface area contributed by atoms with Crippen LogP contribution in [-0.2, 0) is 0 Å². The number of hydrogen-bond acceptors (Lipinski definition) is 5. The summed E-state index contributed by atoms with van der Waals surface area (Å²) in [4.78, 5) is 0. The van der Waals surface area contributed by atoms with Gasteiger partial charge in [-0.15, -0.1) is 0 Å². The van der Waals surface area contributed by atoms with Crippen LogP contribution in [0.25, 0.3) is 0 Å². The van der Waals surface area contributed by atoms with Gasteiger partial charge >= 0.3 is 0 Å². The molecule has 1 aromatic rings. The lowest BCUT2D eigenvalue weighted by molar-refractivity contribution is 0.0509. The second-order valence-corrected chi connectivity index (χ2v) is 3.13. The van der Waals surface area contributed by atoms with E-state index >= 15 is 0 Å². The number of aliphatic hydroxyl groups excluding tert-OH is 2. The first-order valence-electron chi connectivity index (χ1n) is 4.61. The van der Waals surface area contributed by atoms with Crippen LogP contribution in [0.3, 0.4) is 0 Å². The Morgan fingerprint density at radius 1 is 1.25 bits per heavy atom. The number of ether oxygens (including phenoxy) is 2. The molecular weight excluding hydrogens is 210 g/mol. The molecule has 1 aromatic carbocycles. The molecule has 5 heteroatoms. The van der Waals surface area contributed by atoms with E-state index in [1.54, 1.807) is 18.2 Å². The predicted octanol–water partition coefficient (Wildman–Crippen LogP) is 0.622. The van der Waals surface area contributed by atoms with Crippen LogP contribution < -0.4 is 9.47 Å². The van der Waals surface area contributed by atoms with Crippen LogP contribution in [0.1, 0.15) is 11.7 Å². The van der Waals surface area contributed by atoms with Crippen molar-refractivity contribution in [3.8, 4) is 17.6 Å². The molecule has 2 atom stereocenters. The summed E-state index contributed by atoms with van der Waals surface area (Å²) < 4.78 is 10.0. The molecule has 0 aliphatic carbocycles. The SMILES string of the molecule is COc1ccc(OC)c(C(O)C(O)C#N)c1. The maximum absolute atomic E-state index is 9.71. The maximum Gasteiger partial charge on any atom is 0.170 e. The van der Waals surface area contributed by atoms with E-state index in [9.17, 15) is 10.2 Å². The van der Waals surface area contributed by atoms with Gasteiger partial charge in [-0.25, -0.2) is 0 Å². The second-order valence-electron chi connectivity index (χ2n) is 3.13. The van der Waals surface area contributed by atoms with Gasteiger partial charge in [-0.05, 0) is 18.2 Å². The third kappa shape index (κ3) is 2.42. The van der Waals surface area contributed by atoms with Crippen LogP contribution >= 0.6 is 0 Å². The number of nitrogens with zero attached hydrogens (tertiary/aromatic N) is 1. The van der Waals surface area contributed by atoms with E-state index in [4.69, 9.17) is 14.7 Å². The van der Waals surface area contributed by atoms with Crippen molar-refractivity contribution >= 4 is 0 Å². The van der Waals surface area contributed by atoms with Crippen LogP contribution in [0.4, 0.5) is 0 Å². The fourth-order valence-corrected chi connectivity index (χ4v) is 1.31. The third-order valence-electron chi connectivity index (χ3n) is 2.19. The van der Waals surface area contributed by atoms with Gasteiger partial charge in [-0.1, -0.05) is 0 Å². The standard InChI is InChI=1S/C11H13NO4/c1-15-7-3-4-10(16-2)8(5-7)11(14)9(13)6-12/h3-5,9,11,13-14H,1-2H3. The third-order valence-corrected chi connectivity index (χ3v) is 2.19. The molecule has 2 unspecified atom stereocenters. The van der Waals surface area contributed by atoms with Crippen molar-refractivity contribution in [2.24, 2.45) is 0 Å². The Kier molecular flexibility index (Phi) is 4.11. The lowest BCUT2D eigenvalue weighted by atomic mass is 10.0. The van der Waals surface area contributed by atoms with Crippen LogP contribution in [0.2, 0.25) is 0 Å². The Morgan fingerprint density at radius 3 is 2.44 bits per heavy atom. The molecule has 0 saturated heterocycles. The number of aliphatic hydroxyl groups is 2. The first kappa shape index (κ1) is 12.3. The molecule has 0 saturated carbocycles. The van der Waals surface area contributed by atoms with Crippen LogP contribution in [0.5, 0.6) is 11.5 Å². The van der Waals surface area contributed by atoms with Crippen molar-refractivity contribution in [2.45, 2.75) is 12.2 Å². The number of hydrogen-bond donors (Lipinski definition) is 2. The van der Waals surface area contributed by atoms with Crippen molar-refractivity contribution in [2.75, 3.05) is 14.2 Å². The van der Waals surface area contributed by atoms with Crippen molar-refractivity contribution in [1.29, 1.82) is 5.26 Å². The molecule has 86 valence electrons. The van der Waals surface area contributed by atoms with Crippen molar-refractivity contribution in [3.05, 3.63) is 23.8 Å². The van der Waals surface area contributed by atoms with Gasteiger partial charge in [0.15, 0.2) is 6.10 Å². The molecule has 0 amide bonds. The normalized spacial score (nSPS) is 13.7. The minimum absolute atomic E-state index is 0.316. The Balaban J connectivity index is 3.13. The quantitative estimate of drug-likeness (QED) is 0.731. The zero-order valence-corrected chi connectivity index (χ0v) is 9.04. The maximum atomic E-state index is 9.71. The summed E-state index contributed by atoms with van der Waals surface area (Å²) in [6.07, 6.45) is -2.82. The van der Waals surface area contributed by atoms with E-state index in [1.165, 1.54) is 20.3 Å². The van der Waals surface area contributed by atoms with Crippen LogP contribution in [-0.4, -0.2) is 30.5 Å². The van der Waals surface area contributed by atoms with Crippen molar-refractivity contribution in [3.63, 3.8) is 0 Å². The van der Waals surface area contributed by atoms with Gasteiger partial charge in [0, 0.05) is 5.56 Å². The topological polar surface area (TPSA) is 82.7 Å². The zero-order valence-electron chi connectivity index (χ0n) is 9.04. The smallest absolute Gasteiger partial charge is 0.170 e. The summed E-state index contributed by atoms with van der Waals surface area (Å²) in [5.41, 5.74) is 0.316. The van der Waals surface area contributed by atoms with Gasteiger partial charge in [0.05, 0.1) is 20.3 Å². The molecule has 0 fully saturated rings. The average molecular weight is 223 g/mol. The van der Waals surface area contributed by atoms with Gasteiger partial charge < -0.3 is 19.7 Å². The predicted molar refractivity (Wildman–Crippen MR) is 56.1 cm³/mol. The van der Waals surface area contributed by atoms with E-state index in [0.29, 0.717) is 17.1 Å². The van der Waals surface area contributed by atoms with E-state index in [-0.39, 0.29) is 0 Å². The molecule has 0 bridgehead atoms. The average Bonchev–Trinajstić information content (AvgIpc) is 2.35. The van der Waals surface area contributed by atoms with E-state index in [1.807, 2.05) is 0 Å². The van der Waals surface area contributed by atoms with E-state index in [2.05, 4.69) is 0 Å². The molecule has 0 aliphatic heterocycles. The Bertz CT molecular complexity index is 399. The van der Waals surface area contributed by atoms with Gasteiger partial charge in [0.25, 0.3) is 0 Å². The van der Waals surface area contributed by atoms with Crippen LogP contribution in [0, 0.1) is 11.3 Å². The fraction of sp³-hybridized carbons (Fsp3) is 0.364. The van der Waals surface area contributed by atoms with Gasteiger partial charge in [0.1, 0.15) is 17.6 Å². The summed E-state index contributed by atoms with van der Waals surface area (Å²) in [5, 5.41) is 27.5. The summed E-state index contributed by atoms with van der Waals surface area (Å²) in [7, 11) is 2.93. The highest BCUT2D eigenvalue weighted by atomic mass is 16.5. The Morgan fingerprint density at radius 2 is 1.94 bits per heavy atom. The van der Waals surface area contributed by atoms with E-state index in [0.717, 1.165) is 0 Å². The minimum atomic E-state index is -1.50. The molecule has 1 rings (SSSR count). The highest BCUT2D eigenvalue weighted by molar-refractivity contribution is 5.42. The first-order valence-corrected chi connectivity index (χ1v) is 4.61. The molecule has 0 radical (unpaired) electrons. The molecular formula is C11H13NO4. The summed E-state index contributed by atoms with van der Waals surface area (Å²) in [5.74, 6) is 0.905. The summed E-state index contributed by atoms with van der Waals surface area (Å²) in [6.45, 7) is 0. The Labute approximate surface area is 93.5 Å². The zero-order chi connectivity index (χ0) is 12.1. The van der Waals surface area contributed by atoms with Crippen molar-refractivity contribution in [1.82, 2.24) is 0 Å². The number of rotatable bonds is 4.